The molecule has 1 amide bonds. The zero-order valence-corrected chi connectivity index (χ0v) is 22.6. The van der Waals surface area contributed by atoms with Gasteiger partial charge in [0.1, 0.15) is 11.5 Å². The monoisotopic (exact) mass is 572 g/mol. The van der Waals surface area contributed by atoms with Gasteiger partial charge >= 0.3 is 0 Å². The number of benzene rings is 2. The molecule has 4 N–H and O–H groups in total. The van der Waals surface area contributed by atoms with Crippen LogP contribution in [0.2, 0.25) is 0 Å². The number of fused-ring (bicyclic) bond motifs is 1. The van der Waals surface area contributed by atoms with Gasteiger partial charge in [0.15, 0.2) is 9.84 Å². The number of carbonyl (C=O) groups excluding carboxylic acids is 1. The number of sulfone groups is 1. The number of aromatic nitrogens is 2. The molecule has 0 bridgehead atoms. The highest BCUT2D eigenvalue weighted by Crippen LogP contribution is 2.39. The Morgan fingerprint density at radius 2 is 1.87 bits per heavy atom. The maximum atomic E-state index is 15.6. The van der Waals surface area contributed by atoms with Crippen molar-refractivity contribution in [1.82, 2.24) is 14.3 Å². The van der Waals surface area contributed by atoms with Crippen molar-refractivity contribution in [1.29, 1.82) is 0 Å². The molecule has 0 radical (unpaired) electrons. The Morgan fingerprint density at radius 3 is 2.49 bits per heavy atom. The Hall–Kier alpha value is -3.97. The van der Waals surface area contributed by atoms with Crippen LogP contribution in [0.3, 0.4) is 0 Å². The first-order chi connectivity index (χ1) is 18.3. The molecule has 2 aromatic carbocycles. The molecule has 204 valence electrons. The van der Waals surface area contributed by atoms with Gasteiger partial charge in [-0.05, 0) is 55.2 Å². The number of H-pyrrole nitrogens is 1. The molecular weight excluding hydrogens is 547 g/mol. The van der Waals surface area contributed by atoms with Crippen molar-refractivity contribution in [3.8, 4) is 16.8 Å². The van der Waals surface area contributed by atoms with Crippen LogP contribution < -0.4 is 16.0 Å². The fourth-order valence-electron chi connectivity index (χ4n) is 4.60. The summed E-state index contributed by atoms with van der Waals surface area (Å²) in [5.74, 6) is -2.05. The molecule has 39 heavy (non-hydrogen) atoms. The third-order valence-electron chi connectivity index (χ3n) is 6.66. The van der Waals surface area contributed by atoms with Crippen LogP contribution in [0.1, 0.15) is 35.8 Å². The second kappa shape index (κ2) is 9.35. The van der Waals surface area contributed by atoms with E-state index in [0.717, 1.165) is 28.5 Å². The van der Waals surface area contributed by atoms with Gasteiger partial charge in [-0.25, -0.2) is 25.9 Å². The number of nitrogens with zero attached hydrogens (tertiary/aromatic N) is 1. The molecule has 10 nitrogen and oxygen atoms in total. The topological polar surface area (TPSA) is 161 Å². The van der Waals surface area contributed by atoms with Gasteiger partial charge in [-0.1, -0.05) is 13.0 Å². The molecule has 0 spiro atoms. The zero-order valence-electron chi connectivity index (χ0n) is 21.0. The number of amides is 1. The van der Waals surface area contributed by atoms with Crippen LogP contribution in [0.15, 0.2) is 58.4 Å². The van der Waals surface area contributed by atoms with Crippen LogP contribution in [0.4, 0.5) is 10.1 Å². The lowest BCUT2D eigenvalue weighted by atomic mass is 10.0. The summed E-state index contributed by atoms with van der Waals surface area (Å²) in [5.41, 5.74) is 5.42. The van der Waals surface area contributed by atoms with E-state index in [0.29, 0.717) is 24.6 Å². The minimum atomic E-state index is -4.05. The van der Waals surface area contributed by atoms with Crippen molar-refractivity contribution >= 4 is 42.4 Å². The lowest BCUT2D eigenvalue weighted by Gasteiger charge is -2.15. The summed E-state index contributed by atoms with van der Waals surface area (Å²) in [6.45, 7) is 1.90. The summed E-state index contributed by atoms with van der Waals surface area (Å²) in [6, 6.07) is 9.91. The average Bonchev–Trinajstić information content (AvgIpc) is 3.67. The number of nitrogens with one attached hydrogen (secondary N) is 2. The maximum absolute atomic E-state index is 15.6. The molecule has 1 aliphatic rings. The molecule has 1 saturated carbocycles. The summed E-state index contributed by atoms with van der Waals surface area (Å²) < 4.78 is 69.2. The molecule has 2 heterocycles. The van der Waals surface area contributed by atoms with E-state index in [1.165, 1.54) is 18.3 Å². The smallest absolute Gasteiger partial charge is 0.282 e. The van der Waals surface area contributed by atoms with Crippen LogP contribution in [-0.4, -0.2) is 43.8 Å². The number of rotatable bonds is 7. The lowest BCUT2D eigenvalue weighted by molar-refractivity contribution is 0.0975. The van der Waals surface area contributed by atoms with Crippen LogP contribution in [0.25, 0.3) is 27.7 Å². The third kappa shape index (κ3) is 4.72. The minimum Gasteiger partial charge on any atom is -0.398 e. The Morgan fingerprint density at radius 1 is 1.15 bits per heavy atom. The maximum Gasteiger partial charge on any atom is 0.282 e. The van der Waals surface area contributed by atoms with Crippen molar-refractivity contribution < 1.29 is 26.0 Å². The number of anilines is 1. The summed E-state index contributed by atoms with van der Waals surface area (Å²) in [6.07, 6.45) is 3.68. The number of nitrogens with two attached hydrogens (primary N) is 1. The molecule has 5 rings (SSSR count). The van der Waals surface area contributed by atoms with Gasteiger partial charge in [0.05, 0.1) is 27.0 Å². The van der Waals surface area contributed by atoms with Gasteiger partial charge in [0.25, 0.3) is 11.5 Å². The lowest BCUT2D eigenvalue weighted by Crippen LogP contribution is -2.35. The number of hydrogen-bond acceptors (Lipinski definition) is 7. The van der Waals surface area contributed by atoms with Crippen LogP contribution in [0, 0.1) is 5.82 Å². The molecule has 1 aliphatic carbocycles. The number of nitrogen functional groups attached to an aromatic ring is 1. The largest absolute Gasteiger partial charge is 0.398 e. The van der Waals surface area contributed by atoms with E-state index in [1.54, 1.807) is 18.2 Å². The number of pyridine rings is 1. The van der Waals surface area contributed by atoms with E-state index < -0.39 is 42.4 Å². The SMILES string of the molecule is CCc1ccc2c(c1)c(-c1ccc[nH]c1=O)c(C(=O)NS(=O)(=O)C1CC1)n2-c1cc(S(C)(=O)=O)c(N)cc1F. The molecule has 1 fully saturated rings. The second-order valence-electron chi connectivity index (χ2n) is 9.47. The zero-order chi connectivity index (χ0) is 28.3. The molecular formula is C26H25FN4O6S2. The quantitative estimate of drug-likeness (QED) is 0.227. The summed E-state index contributed by atoms with van der Waals surface area (Å²) in [4.78, 5) is 28.9. The average molecular weight is 573 g/mol. The van der Waals surface area contributed by atoms with Gasteiger partial charge in [0, 0.05) is 35.0 Å². The number of aryl methyl sites for hydroxylation is 1. The predicted octanol–water partition coefficient (Wildman–Crippen LogP) is 2.90. The highest BCUT2D eigenvalue weighted by molar-refractivity contribution is 7.91. The third-order valence-corrected chi connectivity index (χ3v) is 9.63. The molecule has 0 atom stereocenters. The second-order valence-corrected chi connectivity index (χ2v) is 13.4. The van der Waals surface area contributed by atoms with Gasteiger partial charge in [-0.2, -0.15) is 0 Å². The van der Waals surface area contributed by atoms with E-state index in [-0.39, 0.29) is 38.6 Å². The van der Waals surface area contributed by atoms with E-state index in [2.05, 4.69) is 9.71 Å². The Bertz CT molecular complexity index is 1940. The van der Waals surface area contributed by atoms with Crippen molar-refractivity contribution in [2.24, 2.45) is 0 Å². The van der Waals surface area contributed by atoms with Gasteiger partial charge in [-0.15, -0.1) is 0 Å². The van der Waals surface area contributed by atoms with E-state index in [1.807, 2.05) is 6.92 Å². The van der Waals surface area contributed by atoms with Gasteiger partial charge in [0.2, 0.25) is 10.0 Å². The van der Waals surface area contributed by atoms with Crippen molar-refractivity contribution in [2.75, 3.05) is 12.0 Å². The first-order valence-corrected chi connectivity index (χ1v) is 15.5. The summed E-state index contributed by atoms with van der Waals surface area (Å²) >= 11 is 0. The van der Waals surface area contributed by atoms with Crippen molar-refractivity contribution in [3.63, 3.8) is 0 Å². The van der Waals surface area contributed by atoms with Gasteiger partial charge < -0.3 is 15.3 Å². The van der Waals surface area contributed by atoms with Crippen LogP contribution >= 0.6 is 0 Å². The van der Waals surface area contributed by atoms with Crippen molar-refractivity contribution in [3.05, 3.63) is 76.1 Å². The Balaban J connectivity index is 1.95. The summed E-state index contributed by atoms with van der Waals surface area (Å²) in [5, 5.41) is -0.364. The molecule has 4 aromatic rings. The molecule has 13 heteroatoms. The predicted molar refractivity (Wildman–Crippen MR) is 146 cm³/mol. The number of sulfonamides is 1. The molecule has 2 aromatic heterocycles. The molecule has 0 unspecified atom stereocenters. The highest BCUT2D eigenvalue weighted by Gasteiger charge is 2.38. The Kier molecular flexibility index (Phi) is 6.38. The van der Waals surface area contributed by atoms with Gasteiger partial charge in [-0.3, -0.25) is 9.59 Å². The van der Waals surface area contributed by atoms with E-state index >= 15 is 4.39 Å². The van der Waals surface area contributed by atoms with E-state index in [4.69, 9.17) is 5.73 Å². The van der Waals surface area contributed by atoms with Crippen molar-refractivity contribution in [2.45, 2.75) is 36.3 Å². The number of halogens is 1. The standard InChI is InChI=1S/C26H25FN4O6S2/c1-3-14-6-9-20-17(11-14)23(16-5-4-10-29-25(16)32)24(26(33)30-39(36,37)15-7-8-15)31(20)21-13-22(38(2,34)35)19(28)12-18(21)27/h4-6,9-13,15H,3,7-8,28H2,1-2H3,(H,29,32)(H,30,33). The fraction of sp³-hybridized carbons (Fsp3) is 0.231. The molecule has 0 aliphatic heterocycles. The van der Waals surface area contributed by atoms with E-state index in [9.17, 15) is 26.4 Å². The number of hydrogen-bond donors (Lipinski definition) is 3. The Labute approximate surface area is 223 Å². The first-order valence-electron chi connectivity index (χ1n) is 12.0. The number of aromatic amines is 1. The summed E-state index contributed by atoms with van der Waals surface area (Å²) in [7, 11) is -7.97. The van der Waals surface area contributed by atoms with Crippen LogP contribution in [0.5, 0.6) is 0 Å². The normalized spacial score (nSPS) is 14.0. The highest BCUT2D eigenvalue weighted by atomic mass is 32.2. The molecule has 0 saturated heterocycles. The number of carbonyl (C=O) groups is 1. The minimum absolute atomic E-state index is 0.0441. The van der Waals surface area contributed by atoms with Crippen LogP contribution in [-0.2, 0) is 26.3 Å². The first kappa shape index (κ1) is 26.6. The fourth-order valence-corrected chi connectivity index (χ4v) is 6.70.